The molecule has 0 aliphatic carbocycles. The summed E-state index contributed by atoms with van der Waals surface area (Å²) < 4.78 is 39.7. The van der Waals surface area contributed by atoms with E-state index in [1.54, 1.807) is 19.0 Å². The molecule has 2 rings (SSSR count). The number of hydrogen-bond acceptors (Lipinski definition) is 3. The zero-order chi connectivity index (χ0) is 17.2. The van der Waals surface area contributed by atoms with Gasteiger partial charge in [0.1, 0.15) is 5.82 Å². The van der Waals surface area contributed by atoms with Crippen LogP contribution in [0.15, 0.2) is 29.2 Å². The van der Waals surface area contributed by atoms with E-state index in [4.69, 9.17) is 0 Å². The van der Waals surface area contributed by atoms with Crippen LogP contribution in [0.5, 0.6) is 0 Å². The second kappa shape index (κ2) is 6.94. The summed E-state index contributed by atoms with van der Waals surface area (Å²) in [4.78, 5) is 14.6. The number of nitrogens with zero attached hydrogens (tertiary/aromatic N) is 2. The van der Waals surface area contributed by atoms with Crippen LogP contribution < -0.4 is 4.90 Å². The van der Waals surface area contributed by atoms with Crippen LogP contribution in [0.1, 0.15) is 6.92 Å². The molecule has 1 aromatic carbocycles. The summed E-state index contributed by atoms with van der Waals surface area (Å²) in [6.07, 6.45) is 0. The molecule has 0 aromatic heterocycles. The Balaban J connectivity index is 2.05. The molecule has 0 saturated carbocycles. The van der Waals surface area contributed by atoms with Gasteiger partial charge in [-0.25, -0.2) is 12.8 Å². The van der Waals surface area contributed by atoms with Crippen molar-refractivity contribution in [3.63, 3.8) is 0 Å². The Labute approximate surface area is 136 Å². The Kier molecular flexibility index (Phi) is 5.38. The van der Waals surface area contributed by atoms with Crippen molar-refractivity contribution in [3.8, 4) is 0 Å². The number of benzene rings is 1. The Hall–Kier alpha value is -1.51. The molecule has 1 N–H and O–H groups in total. The highest BCUT2D eigenvalue weighted by atomic mass is 32.2. The lowest BCUT2D eigenvalue weighted by molar-refractivity contribution is -0.917. The van der Waals surface area contributed by atoms with E-state index in [1.807, 2.05) is 6.92 Å². The van der Waals surface area contributed by atoms with Crippen LogP contribution in [0.25, 0.3) is 0 Å². The zero-order valence-electron chi connectivity index (χ0n) is 13.6. The van der Waals surface area contributed by atoms with Crippen molar-refractivity contribution in [1.82, 2.24) is 9.21 Å². The summed E-state index contributed by atoms with van der Waals surface area (Å²) in [5.74, 6) is -0.540. The first kappa shape index (κ1) is 17.8. The van der Waals surface area contributed by atoms with Gasteiger partial charge < -0.3 is 9.80 Å². The van der Waals surface area contributed by atoms with Gasteiger partial charge in [0, 0.05) is 14.1 Å². The molecule has 1 aromatic rings. The van der Waals surface area contributed by atoms with Gasteiger partial charge in [-0.2, -0.15) is 4.31 Å². The molecule has 1 amide bonds. The summed E-state index contributed by atoms with van der Waals surface area (Å²) in [5, 5.41) is 0. The number of hydrogen-bond donors (Lipinski definition) is 1. The summed E-state index contributed by atoms with van der Waals surface area (Å²) in [6, 6.07) is 4.84. The molecule has 0 spiro atoms. The molecule has 0 unspecified atom stereocenters. The third-order valence-corrected chi connectivity index (χ3v) is 6.12. The number of piperazine rings is 1. The van der Waals surface area contributed by atoms with E-state index < -0.39 is 15.8 Å². The SMILES string of the molecule is C[C@H](C(=O)N(C)C)[NH+]1CCN(S(=O)(=O)c2cccc(F)c2)CC1. The number of quaternary nitrogens is 1. The lowest BCUT2D eigenvalue weighted by atomic mass is 10.2. The number of carbonyl (C=O) groups excluding carboxylic acids is 1. The fraction of sp³-hybridized carbons (Fsp3) is 0.533. The van der Waals surface area contributed by atoms with Crippen LogP contribution >= 0.6 is 0 Å². The summed E-state index contributed by atoms with van der Waals surface area (Å²) in [7, 11) is -0.263. The quantitative estimate of drug-likeness (QED) is 0.777. The van der Waals surface area contributed by atoms with Crippen molar-refractivity contribution < 1.29 is 22.5 Å². The van der Waals surface area contributed by atoms with Crippen molar-refractivity contribution in [1.29, 1.82) is 0 Å². The van der Waals surface area contributed by atoms with E-state index in [9.17, 15) is 17.6 Å². The minimum atomic E-state index is -3.69. The minimum Gasteiger partial charge on any atom is -0.344 e. The van der Waals surface area contributed by atoms with E-state index in [0.717, 1.165) is 11.0 Å². The van der Waals surface area contributed by atoms with Gasteiger partial charge in [0.2, 0.25) is 10.0 Å². The van der Waals surface area contributed by atoms with Gasteiger partial charge in [-0.1, -0.05) is 6.07 Å². The van der Waals surface area contributed by atoms with Crippen molar-refractivity contribution in [3.05, 3.63) is 30.1 Å². The number of nitrogens with one attached hydrogen (secondary N) is 1. The van der Waals surface area contributed by atoms with Gasteiger partial charge in [0.05, 0.1) is 31.1 Å². The third-order valence-electron chi connectivity index (χ3n) is 4.22. The van der Waals surface area contributed by atoms with Crippen LogP contribution in [0.4, 0.5) is 4.39 Å². The Morgan fingerprint density at radius 3 is 2.43 bits per heavy atom. The zero-order valence-corrected chi connectivity index (χ0v) is 14.4. The highest BCUT2D eigenvalue weighted by molar-refractivity contribution is 7.89. The molecule has 1 heterocycles. The molecule has 128 valence electrons. The van der Waals surface area contributed by atoms with E-state index in [-0.39, 0.29) is 16.8 Å². The maximum Gasteiger partial charge on any atom is 0.280 e. The van der Waals surface area contributed by atoms with Gasteiger partial charge in [0.25, 0.3) is 5.91 Å². The number of carbonyl (C=O) groups is 1. The topological polar surface area (TPSA) is 62.1 Å². The van der Waals surface area contributed by atoms with Crippen LogP contribution in [0.2, 0.25) is 0 Å². The summed E-state index contributed by atoms with van der Waals surface area (Å²) >= 11 is 0. The fourth-order valence-corrected chi connectivity index (χ4v) is 4.26. The van der Waals surface area contributed by atoms with Gasteiger partial charge in [-0.05, 0) is 25.1 Å². The number of rotatable bonds is 4. The highest BCUT2D eigenvalue weighted by Gasteiger charge is 2.34. The van der Waals surface area contributed by atoms with Gasteiger partial charge >= 0.3 is 0 Å². The average molecular weight is 344 g/mol. The average Bonchev–Trinajstić information content (AvgIpc) is 2.53. The van der Waals surface area contributed by atoms with Crippen LogP contribution in [0, 0.1) is 5.82 Å². The van der Waals surface area contributed by atoms with Crippen molar-refractivity contribution >= 4 is 15.9 Å². The minimum absolute atomic E-state index is 0.0291. The van der Waals surface area contributed by atoms with Gasteiger partial charge in [0.15, 0.2) is 6.04 Å². The predicted molar refractivity (Wildman–Crippen MR) is 84.0 cm³/mol. The molecule has 1 fully saturated rings. The van der Waals surface area contributed by atoms with Crippen LogP contribution in [-0.4, -0.2) is 69.8 Å². The molecule has 0 bridgehead atoms. The highest BCUT2D eigenvalue weighted by Crippen LogP contribution is 2.16. The normalized spacial score (nSPS) is 18.6. The monoisotopic (exact) mass is 344 g/mol. The molecule has 1 aliphatic rings. The summed E-state index contributed by atoms with van der Waals surface area (Å²) in [6.45, 7) is 3.59. The molecule has 6 nitrogen and oxygen atoms in total. The first-order valence-corrected chi connectivity index (χ1v) is 8.99. The third kappa shape index (κ3) is 3.88. The number of likely N-dealkylation sites (N-methyl/N-ethyl adjacent to an activating group) is 1. The largest absolute Gasteiger partial charge is 0.344 e. The summed E-state index contributed by atoms with van der Waals surface area (Å²) in [5.41, 5.74) is 0. The number of amides is 1. The molecule has 0 radical (unpaired) electrons. The standard InChI is InChI=1S/C15H22FN3O3S/c1-12(15(20)17(2)3)18-7-9-19(10-8-18)23(21,22)14-6-4-5-13(16)11-14/h4-6,11-12H,7-10H2,1-3H3/p+1/t12-/m1/s1. The first-order valence-electron chi connectivity index (χ1n) is 7.55. The Morgan fingerprint density at radius 2 is 1.91 bits per heavy atom. The second-order valence-electron chi connectivity index (χ2n) is 5.97. The van der Waals surface area contributed by atoms with Crippen LogP contribution in [-0.2, 0) is 14.8 Å². The van der Waals surface area contributed by atoms with Crippen molar-refractivity contribution in [2.75, 3.05) is 40.3 Å². The molecule has 1 saturated heterocycles. The lowest BCUT2D eigenvalue weighted by Crippen LogP contribution is -3.19. The lowest BCUT2D eigenvalue weighted by Gasteiger charge is -2.34. The smallest absolute Gasteiger partial charge is 0.280 e. The number of halogens is 1. The Bertz CT molecular complexity index is 670. The second-order valence-corrected chi connectivity index (χ2v) is 7.91. The predicted octanol–water partition coefficient (Wildman–Crippen LogP) is -0.808. The maximum absolute atomic E-state index is 13.3. The molecule has 23 heavy (non-hydrogen) atoms. The van der Waals surface area contributed by atoms with E-state index >= 15 is 0 Å². The van der Waals surface area contributed by atoms with Gasteiger partial charge in [-0.3, -0.25) is 4.79 Å². The molecular formula is C15H23FN3O3S+. The van der Waals surface area contributed by atoms with Gasteiger partial charge in [-0.15, -0.1) is 0 Å². The van der Waals surface area contributed by atoms with Crippen molar-refractivity contribution in [2.24, 2.45) is 0 Å². The van der Waals surface area contributed by atoms with Crippen molar-refractivity contribution in [2.45, 2.75) is 17.9 Å². The molecule has 8 heteroatoms. The van der Waals surface area contributed by atoms with E-state index in [1.165, 1.54) is 22.5 Å². The fourth-order valence-electron chi connectivity index (χ4n) is 2.79. The maximum atomic E-state index is 13.3. The van der Waals surface area contributed by atoms with E-state index in [2.05, 4.69) is 0 Å². The molecule has 1 atom stereocenters. The molecule has 1 aliphatic heterocycles. The first-order chi connectivity index (χ1) is 10.7. The van der Waals surface area contributed by atoms with E-state index in [0.29, 0.717) is 26.2 Å². The number of sulfonamides is 1. The van der Waals surface area contributed by atoms with Crippen LogP contribution in [0.3, 0.4) is 0 Å². The Morgan fingerprint density at radius 1 is 1.30 bits per heavy atom. The molecular weight excluding hydrogens is 321 g/mol.